The van der Waals surface area contributed by atoms with E-state index < -0.39 is 0 Å². The van der Waals surface area contributed by atoms with Crippen molar-refractivity contribution in [2.45, 2.75) is 38.5 Å². The van der Waals surface area contributed by atoms with Crippen molar-refractivity contribution in [3.05, 3.63) is 48.6 Å². The van der Waals surface area contributed by atoms with Crippen molar-refractivity contribution in [2.75, 3.05) is 32.7 Å². The van der Waals surface area contributed by atoms with Crippen molar-refractivity contribution >= 4 is 5.91 Å². The molecule has 1 amide bonds. The summed E-state index contributed by atoms with van der Waals surface area (Å²) >= 11 is 0. The number of nitrogens with zero attached hydrogens (tertiary/aromatic N) is 2. The second kappa shape index (κ2) is 9.19. The van der Waals surface area contributed by atoms with Crippen LogP contribution in [0.4, 0.5) is 0 Å². The third kappa shape index (κ3) is 5.18. The van der Waals surface area contributed by atoms with Gasteiger partial charge in [-0.2, -0.15) is 0 Å². The highest BCUT2D eigenvalue weighted by Gasteiger charge is 2.32. The highest BCUT2D eigenvalue weighted by molar-refractivity contribution is 5.76. The van der Waals surface area contributed by atoms with Crippen LogP contribution < -0.4 is 0 Å². The zero-order valence-electron chi connectivity index (χ0n) is 15.4. The monoisotopic (exact) mass is 340 g/mol. The average molecular weight is 341 g/mol. The zero-order valence-corrected chi connectivity index (χ0v) is 15.4. The molecule has 0 aliphatic carbocycles. The molecule has 2 aliphatic rings. The number of piperidine rings is 1. The van der Waals surface area contributed by atoms with E-state index in [0.717, 1.165) is 37.8 Å². The van der Waals surface area contributed by atoms with Gasteiger partial charge in [-0.15, -0.1) is 6.58 Å². The van der Waals surface area contributed by atoms with E-state index in [0.29, 0.717) is 12.3 Å². The molecule has 0 spiro atoms. The molecule has 0 aromatic heterocycles. The summed E-state index contributed by atoms with van der Waals surface area (Å²) in [6.07, 6.45) is 8.15. The lowest BCUT2D eigenvalue weighted by Crippen LogP contribution is -2.40. The lowest BCUT2D eigenvalue weighted by molar-refractivity contribution is -0.132. The van der Waals surface area contributed by atoms with Gasteiger partial charge in [0.05, 0.1) is 0 Å². The van der Waals surface area contributed by atoms with Crippen LogP contribution in [0.15, 0.2) is 43.0 Å². The van der Waals surface area contributed by atoms with Crippen LogP contribution in [0.5, 0.6) is 0 Å². The second-order valence-corrected chi connectivity index (χ2v) is 7.63. The Kier molecular flexibility index (Phi) is 6.69. The minimum atomic E-state index is 0.314. The van der Waals surface area contributed by atoms with Gasteiger partial charge in [0.2, 0.25) is 5.91 Å². The number of hydrogen-bond donors (Lipinski definition) is 0. The minimum Gasteiger partial charge on any atom is -0.343 e. The van der Waals surface area contributed by atoms with Crippen LogP contribution in [0.25, 0.3) is 0 Å². The third-order valence-electron chi connectivity index (χ3n) is 5.99. The van der Waals surface area contributed by atoms with Crippen LogP contribution in [0.3, 0.4) is 0 Å². The lowest BCUT2D eigenvalue weighted by Gasteiger charge is -2.35. The Morgan fingerprint density at radius 1 is 1.08 bits per heavy atom. The number of likely N-dealkylation sites (tertiary alicyclic amines) is 2. The van der Waals surface area contributed by atoms with E-state index >= 15 is 0 Å². The second-order valence-electron chi connectivity index (χ2n) is 7.63. The largest absolute Gasteiger partial charge is 0.343 e. The number of benzene rings is 1. The van der Waals surface area contributed by atoms with E-state index in [1.165, 1.54) is 44.5 Å². The van der Waals surface area contributed by atoms with Crippen molar-refractivity contribution in [2.24, 2.45) is 11.8 Å². The molecule has 0 saturated carbocycles. The highest BCUT2D eigenvalue weighted by atomic mass is 16.2. The van der Waals surface area contributed by atoms with Crippen molar-refractivity contribution in [1.82, 2.24) is 9.80 Å². The molecule has 0 bridgehead atoms. The molecule has 136 valence electrons. The van der Waals surface area contributed by atoms with Crippen molar-refractivity contribution in [3.8, 4) is 0 Å². The summed E-state index contributed by atoms with van der Waals surface area (Å²) in [6, 6.07) is 10.8. The molecule has 1 atom stereocenters. The standard InChI is InChI=1S/C22H32N2O/c1-2-3-9-22(25)24-16-12-20(13-17-24)21-11-15-23(18-21)14-10-19-7-5-4-6-8-19/h2,4-8,20-21H,1,3,9-18H2. The molecule has 2 saturated heterocycles. The maximum Gasteiger partial charge on any atom is 0.222 e. The molecule has 2 fully saturated rings. The number of carbonyl (C=O) groups is 1. The summed E-state index contributed by atoms with van der Waals surface area (Å²) < 4.78 is 0. The molecular formula is C22H32N2O. The van der Waals surface area contributed by atoms with Crippen LogP contribution in [0.2, 0.25) is 0 Å². The van der Waals surface area contributed by atoms with E-state index in [4.69, 9.17) is 0 Å². The van der Waals surface area contributed by atoms with Crippen LogP contribution in [-0.2, 0) is 11.2 Å². The molecule has 2 aliphatic heterocycles. The first-order valence-electron chi connectivity index (χ1n) is 9.91. The fourth-order valence-corrected chi connectivity index (χ4v) is 4.39. The first-order chi connectivity index (χ1) is 12.3. The number of rotatable bonds is 7. The highest BCUT2D eigenvalue weighted by Crippen LogP contribution is 2.32. The number of allylic oxidation sites excluding steroid dienone is 1. The Morgan fingerprint density at radius 3 is 2.52 bits per heavy atom. The van der Waals surface area contributed by atoms with Gasteiger partial charge >= 0.3 is 0 Å². The van der Waals surface area contributed by atoms with Gasteiger partial charge in [-0.25, -0.2) is 0 Å². The Labute approximate surface area is 152 Å². The van der Waals surface area contributed by atoms with Gasteiger partial charge < -0.3 is 9.80 Å². The normalized spacial score (nSPS) is 22.2. The van der Waals surface area contributed by atoms with Gasteiger partial charge in [0, 0.05) is 32.6 Å². The van der Waals surface area contributed by atoms with E-state index in [9.17, 15) is 4.79 Å². The Morgan fingerprint density at radius 2 is 1.80 bits per heavy atom. The van der Waals surface area contributed by atoms with Crippen molar-refractivity contribution in [1.29, 1.82) is 0 Å². The Bertz CT molecular complexity index is 548. The summed E-state index contributed by atoms with van der Waals surface area (Å²) in [5, 5.41) is 0. The molecule has 1 aromatic carbocycles. The molecule has 25 heavy (non-hydrogen) atoms. The number of carbonyl (C=O) groups excluding carboxylic acids is 1. The molecule has 3 nitrogen and oxygen atoms in total. The van der Waals surface area contributed by atoms with Gasteiger partial charge in [0.15, 0.2) is 0 Å². The minimum absolute atomic E-state index is 0.314. The maximum absolute atomic E-state index is 12.1. The first-order valence-corrected chi connectivity index (χ1v) is 9.91. The smallest absolute Gasteiger partial charge is 0.222 e. The number of amides is 1. The zero-order chi connectivity index (χ0) is 17.5. The SMILES string of the molecule is C=CCCC(=O)N1CCC(C2CCN(CCc3ccccc3)C2)CC1. The lowest BCUT2D eigenvalue weighted by atomic mass is 9.83. The molecule has 0 N–H and O–H groups in total. The topological polar surface area (TPSA) is 23.6 Å². The van der Waals surface area contributed by atoms with Crippen LogP contribution in [0, 0.1) is 11.8 Å². The van der Waals surface area contributed by atoms with Gasteiger partial charge in [-0.05, 0) is 56.0 Å². The molecule has 0 radical (unpaired) electrons. The molecule has 1 unspecified atom stereocenters. The molecule has 2 heterocycles. The summed E-state index contributed by atoms with van der Waals surface area (Å²) in [6.45, 7) is 9.31. The van der Waals surface area contributed by atoms with Crippen LogP contribution in [-0.4, -0.2) is 48.4 Å². The summed E-state index contributed by atoms with van der Waals surface area (Å²) in [4.78, 5) is 16.8. The van der Waals surface area contributed by atoms with Gasteiger partial charge in [-0.3, -0.25) is 4.79 Å². The van der Waals surface area contributed by atoms with Crippen molar-refractivity contribution in [3.63, 3.8) is 0 Å². The number of hydrogen-bond acceptors (Lipinski definition) is 2. The fourth-order valence-electron chi connectivity index (χ4n) is 4.39. The van der Waals surface area contributed by atoms with Crippen LogP contribution >= 0.6 is 0 Å². The van der Waals surface area contributed by atoms with E-state index in [1.807, 2.05) is 6.08 Å². The first kappa shape index (κ1) is 18.2. The molecule has 3 rings (SSSR count). The van der Waals surface area contributed by atoms with Gasteiger partial charge in [0.25, 0.3) is 0 Å². The van der Waals surface area contributed by atoms with E-state index in [2.05, 4.69) is 46.7 Å². The predicted octanol–water partition coefficient (Wildman–Crippen LogP) is 3.76. The average Bonchev–Trinajstić information content (AvgIpc) is 3.14. The van der Waals surface area contributed by atoms with Gasteiger partial charge in [0.1, 0.15) is 0 Å². The summed E-state index contributed by atoms with van der Waals surface area (Å²) in [5.41, 5.74) is 1.44. The Hall–Kier alpha value is -1.61. The predicted molar refractivity (Wildman–Crippen MR) is 103 cm³/mol. The molecule has 1 aromatic rings. The van der Waals surface area contributed by atoms with Crippen LogP contribution in [0.1, 0.15) is 37.7 Å². The molecule has 3 heteroatoms. The van der Waals surface area contributed by atoms with Crippen molar-refractivity contribution < 1.29 is 4.79 Å². The Balaban J connectivity index is 1.38. The third-order valence-corrected chi connectivity index (χ3v) is 5.99. The van der Waals surface area contributed by atoms with E-state index in [1.54, 1.807) is 0 Å². The fraction of sp³-hybridized carbons (Fsp3) is 0.591. The van der Waals surface area contributed by atoms with E-state index in [-0.39, 0.29) is 0 Å². The quantitative estimate of drug-likeness (QED) is 0.706. The van der Waals surface area contributed by atoms with Gasteiger partial charge in [-0.1, -0.05) is 36.4 Å². The summed E-state index contributed by atoms with van der Waals surface area (Å²) in [7, 11) is 0. The summed E-state index contributed by atoms with van der Waals surface area (Å²) in [5.74, 6) is 1.96. The molecular weight excluding hydrogens is 308 g/mol. The maximum atomic E-state index is 12.1.